The molecule has 0 spiro atoms. The molecule has 0 bridgehead atoms. The van der Waals surface area contributed by atoms with Gasteiger partial charge in [0, 0.05) is 39.3 Å². The highest BCUT2D eigenvalue weighted by atomic mass is 16.5. The second-order valence-corrected chi connectivity index (χ2v) is 6.05. The third kappa shape index (κ3) is 3.07. The van der Waals surface area contributed by atoms with Crippen LogP contribution in [-0.2, 0) is 0 Å². The van der Waals surface area contributed by atoms with Crippen molar-refractivity contribution in [1.82, 2.24) is 9.80 Å². The van der Waals surface area contributed by atoms with Crippen molar-refractivity contribution in [2.45, 2.75) is 12.5 Å². The van der Waals surface area contributed by atoms with Crippen LogP contribution in [0.15, 0.2) is 24.3 Å². The summed E-state index contributed by atoms with van der Waals surface area (Å²) in [5, 5.41) is 0. The minimum Gasteiger partial charge on any atom is -0.487 e. The van der Waals surface area contributed by atoms with E-state index in [1.54, 1.807) is 0 Å². The number of ether oxygens (including phenoxy) is 1. The van der Waals surface area contributed by atoms with Crippen molar-refractivity contribution in [2.75, 3.05) is 58.3 Å². The molecule has 0 aromatic heterocycles. The normalized spacial score (nSPS) is 25.1. The maximum atomic E-state index is 6.26. The third-order valence-electron chi connectivity index (χ3n) is 4.35. The van der Waals surface area contributed by atoms with Gasteiger partial charge in [-0.2, -0.15) is 0 Å². The van der Waals surface area contributed by atoms with E-state index in [4.69, 9.17) is 4.74 Å². The topological polar surface area (TPSA) is 19.0 Å². The van der Waals surface area contributed by atoms with E-state index < -0.39 is 0 Å². The summed E-state index contributed by atoms with van der Waals surface area (Å²) in [4.78, 5) is 7.17. The number of anilines is 1. The molecular weight excluding hydrogens is 250 g/mol. The van der Waals surface area contributed by atoms with E-state index in [9.17, 15) is 0 Å². The van der Waals surface area contributed by atoms with Crippen LogP contribution < -0.4 is 9.64 Å². The highest BCUT2D eigenvalue weighted by Gasteiger charge is 2.23. The molecule has 110 valence electrons. The van der Waals surface area contributed by atoms with Gasteiger partial charge in [0.2, 0.25) is 0 Å². The lowest BCUT2D eigenvalue weighted by atomic mass is 10.2. The highest BCUT2D eigenvalue weighted by Crippen LogP contribution is 2.30. The van der Waals surface area contributed by atoms with Crippen LogP contribution in [0, 0.1) is 0 Å². The number of hydrogen-bond donors (Lipinski definition) is 0. The summed E-state index contributed by atoms with van der Waals surface area (Å²) in [6.07, 6.45) is 1.47. The van der Waals surface area contributed by atoms with E-state index in [2.05, 4.69) is 53.1 Å². The van der Waals surface area contributed by atoms with Crippen molar-refractivity contribution in [1.29, 1.82) is 0 Å². The van der Waals surface area contributed by atoms with Gasteiger partial charge in [0.25, 0.3) is 0 Å². The summed E-state index contributed by atoms with van der Waals surface area (Å²) in [6, 6.07) is 8.50. The first-order valence-electron chi connectivity index (χ1n) is 7.60. The molecule has 0 aliphatic carbocycles. The van der Waals surface area contributed by atoms with E-state index in [0.29, 0.717) is 6.10 Å². The van der Waals surface area contributed by atoms with Gasteiger partial charge in [-0.3, -0.25) is 0 Å². The van der Waals surface area contributed by atoms with Gasteiger partial charge in [-0.1, -0.05) is 12.1 Å². The molecule has 2 aliphatic rings. The minimum atomic E-state index is 0.341. The molecule has 4 heteroatoms. The molecule has 0 amide bonds. The van der Waals surface area contributed by atoms with Gasteiger partial charge < -0.3 is 19.4 Å². The summed E-state index contributed by atoms with van der Waals surface area (Å²) in [5.41, 5.74) is 1.26. The fraction of sp³-hybridized carbons (Fsp3) is 0.625. The predicted octanol–water partition coefficient (Wildman–Crippen LogP) is 1.52. The Morgan fingerprint density at radius 3 is 2.40 bits per heavy atom. The standard InChI is InChI=1S/C16H25N3O/c1-17-9-11-19(12-10-17)15-5-3-4-6-16(15)20-14-7-8-18(2)13-14/h3-6,14H,7-13H2,1-2H3. The van der Waals surface area contributed by atoms with E-state index in [1.165, 1.54) is 5.69 Å². The van der Waals surface area contributed by atoms with Crippen LogP contribution >= 0.6 is 0 Å². The molecule has 3 rings (SSSR count). The van der Waals surface area contributed by atoms with Crippen LogP contribution in [-0.4, -0.2) is 69.3 Å². The van der Waals surface area contributed by atoms with E-state index in [1.807, 2.05) is 0 Å². The van der Waals surface area contributed by atoms with Crippen molar-refractivity contribution < 1.29 is 4.74 Å². The smallest absolute Gasteiger partial charge is 0.143 e. The molecular formula is C16H25N3O. The molecule has 0 radical (unpaired) electrons. The number of likely N-dealkylation sites (N-methyl/N-ethyl adjacent to an activating group) is 2. The Morgan fingerprint density at radius 2 is 1.70 bits per heavy atom. The van der Waals surface area contributed by atoms with Crippen LogP contribution in [0.1, 0.15) is 6.42 Å². The summed E-state index contributed by atoms with van der Waals surface area (Å²) in [7, 11) is 4.35. The summed E-state index contributed by atoms with van der Waals surface area (Å²) in [5.74, 6) is 1.05. The fourth-order valence-electron chi connectivity index (χ4n) is 3.04. The van der Waals surface area contributed by atoms with E-state index in [-0.39, 0.29) is 0 Å². The Morgan fingerprint density at radius 1 is 0.950 bits per heavy atom. The molecule has 2 heterocycles. The van der Waals surface area contributed by atoms with Crippen LogP contribution in [0.4, 0.5) is 5.69 Å². The number of hydrogen-bond acceptors (Lipinski definition) is 4. The number of likely N-dealkylation sites (tertiary alicyclic amines) is 1. The highest BCUT2D eigenvalue weighted by molar-refractivity contribution is 5.58. The van der Waals surface area contributed by atoms with Crippen molar-refractivity contribution in [3.63, 3.8) is 0 Å². The van der Waals surface area contributed by atoms with Gasteiger partial charge in [-0.15, -0.1) is 0 Å². The average molecular weight is 275 g/mol. The Bertz CT molecular complexity index is 443. The molecule has 20 heavy (non-hydrogen) atoms. The molecule has 2 fully saturated rings. The Labute approximate surface area is 121 Å². The van der Waals surface area contributed by atoms with Crippen LogP contribution in [0.3, 0.4) is 0 Å². The lowest BCUT2D eigenvalue weighted by molar-refractivity contribution is 0.208. The first-order valence-corrected chi connectivity index (χ1v) is 7.60. The number of rotatable bonds is 3. The zero-order chi connectivity index (χ0) is 13.9. The maximum Gasteiger partial charge on any atom is 0.143 e. The Hall–Kier alpha value is -1.26. The largest absolute Gasteiger partial charge is 0.487 e. The van der Waals surface area contributed by atoms with Gasteiger partial charge in [-0.25, -0.2) is 0 Å². The number of piperazine rings is 1. The fourth-order valence-corrected chi connectivity index (χ4v) is 3.04. The Kier molecular flexibility index (Phi) is 4.13. The summed E-state index contributed by atoms with van der Waals surface area (Å²) < 4.78 is 6.26. The monoisotopic (exact) mass is 275 g/mol. The molecule has 1 unspecified atom stereocenters. The summed E-state index contributed by atoms with van der Waals surface area (Å²) in [6.45, 7) is 6.60. The average Bonchev–Trinajstić information content (AvgIpc) is 2.86. The molecule has 1 atom stereocenters. The van der Waals surface area contributed by atoms with Gasteiger partial charge in [-0.05, 0) is 32.6 Å². The lowest BCUT2D eigenvalue weighted by Crippen LogP contribution is -2.44. The van der Waals surface area contributed by atoms with Gasteiger partial charge in [0.15, 0.2) is 0 Å². The van der Waals surface area contributed by atoms with Crippen molar-refractivity contribution in [2.24, 2.45) is 0 Å². The maximum absolute atomic E-state index is 6.26. The summed E-state index contributed by atoms with van der Waals surface area (Å²) >= 11 is 0. The number of para-hydroxylation sites is 2. The third-order valence-corrected chi connectivity index (χ3v) is 4.35. The second kappa shape index (κ2) is 6.02. The molecule has 2 saturated heterocycles. The molecule has 4 nitrogen and oxygen atoms in total. The number of benzene rings is 1. The second-order valence-electron chi connectivity index (χ2n) is 6.05. The molecule has 0 N–H and O–H groups in total. The number of nitrogens with zero attached hydrogens (tertiary/aromatic N) is 3. The van der Waals surface area contributed by atoms with E-state index in [0.717, 1.165) is 51.4 Å². The van der Waals surface area contributed by atoms with E-state index >= 15 is 0 Å². The van der Waals surface area contributed by atoms with Crippen LogP contribution in [0.5, 0.6) is 5.75 Å². The Balaban J connectivity index is 1.71. The quantitative estimate of drug-likeness (QED) is 0.832. The van der Waals surface area contributed by atoms with Gasteiger partial charge >= 0.3 is 0 Å². The first-order chi connectivity index (χ1) is 9.72. The SMILES string of the molecule is CN1CCN(c2ccccc2OC2CCN(C)C2)CC1. The lowest BCUT2D eigenvalue weighted by Gasteiger charge is -2.35. The zero-order valence-electron chi connectivity index (χ0n) is 12.6. The predicted molar refractivity (Wildman–Crippen MR) is 82.7 cm³/mol. The van der Waals surface area contributed by atoms with Crippen molar-refractivity contribution in [3.8, 4) is 5.75 Å². The van der Waals surface area contributed by atoms with Crippen molar-refractivity contribution in [3.05, 3.63) is 24.3 Å². The molecule has 2 aliphatic heterocycles. The van der Waals surface area contributed by atoms with Crippen LogP contribution in [0.25, 0.3) is 0 Å². The molecule has 0 saturated carbocycles. The van der Waals surface area contributed by atoms with Crippen LogP contribution in [0.2, 0.25) is 0 Å². The molecule has 1 aromatic carbocycles. The first kappa shape index (κ1) is 13.7. The zero-order valence-corrected chi connectivity index (χ0v) is 12.6. The van der Waals surface area contributed by atoms with Gasteiger partial charge in [0.1, 0.15) is 11.9 Å². The molecule has 1 aromatic rings. The minimum absolute atomic E-state index is 0.341. The van der Waals surface area contributed by atoms with Gasteiger partial charge in [0.05, 0.1) is 5.69 Å². The van der Waals surface area contributed by atoms with Crippen molar-refractivity contribution >= 4 is 5.69 Å².